The Bertz CT molecular complexity index is 813. The first-order valence-electron chi connectivity index (χ1n) is 7.61. The normalized spacial score (nSPS) is 10.1. The summed E-state index contributed by atoms with van der Waals surface area (Å²) >= 11 is 0. The molecule has 2 rings (SSSR count). The van der Waals surface area contributed by atoms with Crippen molar-refractivity contribution < 1.29 is 56.3 Å². The Morgan fingerprint density at radius 3 is 2.31 bits per heavy atom. The van der Waals surface area contributed by atoms with Gasteiger partial charge in [-0.05, 0) is 24.6 Å². The third kappa shape index (κ3) is 11.4. The molecule has 9 nitrogen and oxygen atoms in total. The van der Waals surface area contributed by atoms with Crippen molar-refractivity contribution in [3.8, 4) is 17.2 Å². The third-order valence-electron chi connectivity index (χ3n) is 2.79. The number of aromatic hydroxyl groups is 1. The molecule has 0 saturated carbocycles. The van der Waals surface area contributed by atoms with Crippen LogP contribution >= 0.6 is 0 Å². The van der Waals surface area contributed by atoms with Crippen molar-refractivity contribution in [1.82, 2.24) is 0 Å². The SMILES string of the molecule is CCOc1cccc(/C=N/N=C(\[O-])c2ccccc2O)c1[O-].CS(C)=O.[Mo].[O-2].[O-2]. The van der Waals surface area contributed by atoms with Crippen LogP contribution in [0.25, 0.3) is 0 Å². The molecule has 0 aromatic heterocycles. The van der Waals surface area contributed by atoms with Gasteiger partial charge < -0.3 is 31.0 Å². The molecule has 2 aromatic carbocycles. The van der Waals surface area contributed by atoms with Crippen LogP contribution in [0, 0.1) is 0 Å². The summed E-state index contributed by atoms with van der Waals surface area (Å²) in [5.74, 6) is -0.964. The monoisotopic (exact) mass is 506 g/mol. The van der Waals surface area contributed by atoms with Gasteiger partial charge in [-0.1, -0.05) is 36.1 Å². The number of hydrogen-bond donors (Lipinski definition) is 1. The predicted molar refractivity (Wildman–Crippen MR) is 101 cm³/mol. The van der Waals surface area contributed by atoms with Gasteiger partial charge >= 0.3 is 0 Å². The molecule has 0 amide bonds. The second-order valence-corrected chi connectivity index (χ2v) is 6.50. The van der Waals surface area contributed by atoms with Crippen LogP contribution < -0.4 is 14.9 Å². The summed E-state index contributed by atoms with van der Waals surface area (Å²) in [7, 11) is -0.611. The quantitative estimate of drug-likeness (QED) is 0.273. The van der Waals surface area contributed by atoms with Gasteiger partial charge in [-0.2, -0.15) is 10.2 Å². The first-order chi connectivity index (χ1) is 12.4. The Morgan fingerprint density at radius 2 is 1.76 bits per heavy atom. The van der Waals surface area contributed by atoms with E-state index in [-0.39, 0.29) is 60.4 Å². The van der Waals surface area contributed by atoms with E-state index in [0.717, 1.165) is 0 Å². The van der Waals surface area contributed by atoms with Gasteiger partial charge in [0.1, 0.15) is 11.5 Å². The summed E-state index contributed by atoms with van der Waals surface area (Å²) in [6.07, 6.45) is 4.46. The first-order valence-corrected chi connectivity index (χ1v) is 9.57. The molecule has 0 radical (unpaired) electrons. The van der Waals surface area contributed by atoms with E-state index in [0.29, 0.717) is 6.61 Å². The fourth-order valence-electron chi connectivity index (χ4n) is 1.76. The molecule has 0 atom stereocenters. The van der Waals surface area contributed by atoms with Crippen LogP contribution in [0.15, 0.2) is 52.7 Å². The maximum atomic E-state index is 12.0. The summed E-state index contributed by atoms with van der Waals surface area (Å²) in [6, 6.07) is 10.8. The summed E-state index contributed by atoms with van der Waals surface area (Å²) in [4.78, 5) is 0. The number of rotatable bonds is 5. The van der Waals surface area contributed by atoms with Crippen LogP contribution in [0.2, 0.25) is 0 Å². The number of ether oxygens (including phenoxy) is 1. The van der Waals surface area contributed by atoms with Gasteiger partial charge in [0.05, 0.1) is 12.8 Å². The molecule has 2 aromatic rings. The Hall–Kier alpha value is -2.26. The molecule has 0 spiro atoms. The molecule has 0 fully saturated rings. The fraction of sp³-hybridized carbons (Fsp3) is 0.222. The zero-order valence-corrected chi connectivity index (χ0v) is 18.8. The maximum Gasteiger partial charge on any atom is 0.123 e. The van der Waals surface area contributed by atoms with Gasteiger partial charge in [0, 0.05) is 55.8 Å². The Balaban J connectivity index is -0.000000885. The van der Waals surface area contributed by atoms with Crippen LogP contribution in [-0.4, -0.2) is 40.5 Å². The van der Waals surface area contributed by atoms with Crippen molar-refractivity contribution in [2.24, 2.45) is 10.2 Å². The van der Waals surface area contributed by atoms with E-state index in [1.165, 1.54) is 18.3 Å². The number of nitrogens with zero attached hydrogens (tertiary/aromatic N) is 2. The molecule has 29 heavy (non-hydrogen) atoms. The van der Waals surface area contributed by atoms with Crippen molar-refractivity contribution in [3.63, 3.8) is 0 Å². The largest absolute Gasteiger partial charge is 2.00 e. The maximum absolute atomic E-state index is 12.0. The number of phenolic OH excluding ortho intramolecular Hbond substituents is 1. The summed E-state index contributed by atoms with van der Waals surface area (Å²) in [5, 5.41) is 40.3. The number of hydrogen-bond acceptors (Lipinski definition) is 7. The third-order valence-corrected chi connectivity index (χ3v) is 2.79. The van der Waals surface area contributed by atoms with Crippen molar-refractivity contribution in [2.75, 3.05) is 19.1 Å². The minimum Gasteiger partial charge on any atom is -2.00 e. The minimum absolute atomic E-state index is 0. The molecule has 11 heteroatoms. The molecular formula is C18H20MoN2O7S-6. The molecule has 162 valence electrons. The summed E-state index contributed by atoms with van der Waals surface area (Å²) in [5.41, 5.74) is 0.310. The van der Waals surface area contributed by atoms with E-state index in [1.807, 2.05) is 0 Å². The van der Waals surface area contributed by atoms with Crippen LogP contribution in [0.4, 0.5) is 0 Å². The van der Waals surface area contributed by atoms with Crippen LogP contribution in [-0.2, 0) is 42.8 Å². The zero-order chi connectivity index (χ0) is 19.5. The molecule has 0 aliphatic carbocycles. The standard InChI is InChI=1S/C16H16N2O4.C2H6OS.Mo.2O/c1-2-22-14-9-5-6-11(15(14)20)10-17-18-16(21)12-7-3-4-8-13(12)19;1-4(2)3;;;/h3-10,19-20H,2H2,1H3,(H,18,21);1-2H3;;;/q;;;2*-2/p-2/b17-10+;;;;. The van der Waals surface area contributed by atoms with E-state index in [9.17, 15) is 19.5 Å². The van der Waals surface area contributed by atoms with Crippen LogP contribution in [0.1, 0.15) is 18.1 Å². The predicted octanol–water partition coefficient (Wildman–Crippen LogP) is 0.760. The minimum atomic E-state index is -0.692. The second kappa shape index (κ2) is 16.7. The molecule has 0 aliphatic heterocycles. The molecular weight excluding hydrogens is 484 g/mol. The van der Waals surface area contributed by atoms with Gasteiger partial charge in [-0.15, -0.1) is 0 Å². The van der Waals surface area contributed by atoms with Crippen molar-refractivity contribution in [3.05, 3.63) is 53.6 Å². The summed E-state index contributed by atoms with van der Waals surface area (Å²) < 4.78 is 14.7. The Morgan fingerprint density at radius 1 is 1.17 bits per heavy atom. The van der Waals surface area contributed by atoms with E-state index < -0.39 is 16.7 Å². The van der Waals surface area contributed by atoms with Gasteiger partial charge in [-0.25, -0.2) is 0 Å². The average Bonchev–Trinajstić information content (AvgIpc) is 2.58. The molecule has 1 N–H and O–H groups in total. The average molecular weight is 504 g/mol. The number of benzene rings is 2. The molecule has 0 heterocycles. The topological polar surface area (TPSA) is 174 Å². The smallest absolute Gasteiger partial charge is 0.123 e. The van der Waals surface area contributed by atoms with Crippen molar-refractivity contribution in [2.45, 2.75) is 6.92 Å². The Kier molecular flexibility index (Phi) is 18.1. The van der Waals surface area contributed by atoms with Gasteiger partial charge in [0.2, 0.25) is 0 Å². The molecule has 0 unspecified atom stereocenters. The molecule has 0 aliphatic rings. The van der Waals surface area contributed by atoms with E-state index in [4.69, 9.17) is 4.74 Å². The first kappa shape index (κ1) is 31.4. The molecule has 0 bridgehead atoms. The zero-order valence-electron chi connectivity index (χ0n) is 15.9. The Labute approximate surface area is 186 Å². The van der Waals surface area contributed by atoms with E-state index in [2.05, 4.69) is 10.2 Å². The van der Waals surface area contributed by atoms with Crippen LogP contribution in [0.5, 0.6) is 17.2 Å². The van der Waals surface area contributed by atoms with Gasteiger partial charge in [-0.3, -0.25) is 4.21 Å². The van der Waals surface area contributed by atoms with Crippen molar-refractivity contribution in [1.29, 1.82) is 0 Å². The van der Waals surface area contributed by atoms with Gasteiger partial charge in [0.15, 0.2) is 0 Å². The van der Waals surface area contributed by atoms with E-state index in [1.54, 1.807) is 49.8 Å². The van der Waals surface area contributed by atoms with Crippen molar-refractivity contribution >= 4 is 22.9 Å². The fourth-order valence-corrected chi connectivity index (χ4v) is 1.76. The molecule has 0 saturated heterocycles. The van der Waals surface area contributed by atoms with E-state index >= 15 is 0 Å². The van der Waals surface area contributed by atoms with Gasteiger partial charge in [0.25, 0.3) is 0 Å². The second-order valence-electron chi connectivity index (χ2n) is 5.02. The number of phenols is 1. The summed E-state index contributed by atoms with van der Waals surface area (Å²) in [6.45, 7) is 2.16. The van der Waals surface area contributed by atoms with Crippen LogP contribution in [0.3, 0.4) is 0 Å². The number of para-hydroxylation sites is 2.